The summed E-state index contributed by atoms with van der Waals surface area (Å²) in [7, 11) is 0. The maximum Gasteiger partial charge on any atom is 0.129 e. The number of nitrogens with one attached hydrogen (secondary N) is 1. The van der Waals surface area contributed by atoms with E-state index in [0.717, 1.165) is 50.0 Å². The first-order valence-electron chi connectivity index (χ1n) is 7.86. The molecule has 0 aliphatic carbocycles. The van der Waals surface area contributed by atoms with E-state index in [9.17, 15) is 4.39 Å². The Labute approximate surface area is 125 Å². The molecule has 0 amide bonds. The molecule has 0 spiro atoms. The van der Waals surface area contributed by atoms with Crippen molar-refractivity contribution in [1.82, 2.24) is 4.90 Å². The molecule has 3 nitrogen and oxygen atoms in total. The van der Waals surface area contributed by atoms with Crippen molar-refractivity contribution < 1.29 is 9.13 Å². The molecule has 0 radical (unpaired) electrons. The third-order valence-electron chi connectivity index (χ3n) is 5.15. The molecule has 1 unspecified atom stereocenters. The zero-order valence-corrected chi connectivity index (χ0v) is 12.8. The Hall–Kier alpha value is -1.42. The molecule has 114 valence electrons. The fraction of sp³-hybridized carbons (Fsp3) is 0.588. The number of ether oxygens (including phenoxy) is 1. The third-order valence-corrected chi connectivity index (χ3v) is 5.15. The molecule has 1 fully saturated rings. The fourth-order valence-corrected chi connectivity index (χ4v) is 3.65. The average Bonchev–Trinajstić information content (AvgIpc) is 2.84. The van der Waals surface area contributed by atoms with E-state index in [0.29, 0.717) is 11.9 Å². The van der Waals surface area contributed by atoms with Gasteiger partial charge in [0.2, 0.25) is 0 Å². The summed E-state index contributed by atoms with van der Waals surface area (Å²) in [4.78, 5) is 2.13. The van der Waals surface area contributed by atoms with Crippen molar-refractivity contribution in [1.29, 1.82) is 5.41 Å². The van der Waals surface area contributed by atoms with Gasteiger partial charge in [-0.15, -0.1) is 0 Å². The van der Waals surface area contributed by atoms with Crippen molar-refractivity contribution in [2.24, 2.45) is 0 Å². The number of fused-ring (bicyclic) bond motifs is 1. The zero-order chi connectivity index (χ0) is 15.0. The van der Waals surface area contributed by atoms with Crippen molar-refractivity contribution in [3.63, 3.8) is 0 Å². The van der Waals surface area contributed by atoms with Gasteiger partial charge < -0.3 is 9.64 Å². The number of rotatable bonds is 3. The first kappa shape index (κ1) is 14.5. The standard InChI is InChI=1S/C17H23FN2O/c1-3-17(4-2)10-14(7-8-21-17)20-11-12-5-6-13(18)9-15(12)16(20)19/h5-6,9,14,19H,3-4,7-8,10-11H2,1-2H3. The fourth-order valence-electron chi connectivity index (χ4n) is 3.65. The van der Waals surface area contributed by atoms with Gasteiger partial charge in [-0.25, -0.2) is 4.39 Å². The summed E-state index contributed by atoms with van der Waals surface area (Å²) in [5.41, 5.74) is 1.76. The molecule has 3 rings (SSSR count). The van der Waals surface area contributed by atoms with Gasteiger partial charge in [-0.1, -0.05) is 19.9 Å². The summed E-state index contributed by atoms with van der Waals surface area (Å²) in [6.07, 6.45) is 3.91. The summed E-state index contributed by atoms with van der Waals surface area (Å²) in [5.74, 6) is 0.210. The van der Waals surface area contributed by atoms with Gasteiger partial charge in [0.15, 0.2) is 0 Å². The highest BCUT2D eigenvalue weighted by atomic mass is 19.1. The van der Waals surface area contributed by atoms with Crippen LogP contribution in [-0.4, -0.2) is 29.0 Å². The number of benzene rings is 1. The molecule has 1 aromatic rings. The predicted octanol–water partition coefficient (Wildman–Crippen LogP) is 3.70. The van der Waals surface area contributed by atoms with Crippen LogP contribution in [0, 0.1) is 11.2 Å². The number of hydrogen-bond donors (Lipinski definition) is 1. The molecule has 2 aliphatic heterocycles. The van der Waals surface area contributed by atoms with Crippen LogP contribution in [0.25, 0.3) is 0 Å². The maximum absolute atomic E-state index is 13.4. The molecule has 1 aromatic carbocycles. The van der Waals surface area contributed by atoms with Gasteiger partial charge in [0.25, 0.3) is 0 Å². The topological polar surface area (TPSA) is 36.3 Å². The van der Waals surface area contributed by atoms with E-state index in [-0.39, 0.29) is 11.4 Å². The van der Waals surface area contributed by atoms with Gasteiger partial charge in [0.05, 0.1) is 5.60 Å². The number of nitrogens with zero attached hydrogens (tertiary/aromatic N) is 1. The highest BCUT2D eigenvalue weighted by Crippen LogP contribution is 2.36. The van der Waals surface area contributed by atoms with Gasteiger partial charge in [-0.3, -0.25) is 5.41 Å². The lowest BCUT2D eigenvalue weighted by Crippen LogP contribution is -2.48. The molecule has 0 saturated carbocycles. The molecule has 1 N–H and O–H groups in total. The van der Waals surface area contributed by atoms with Crippen LogP contribution >= 0.6 is 0 Å². The normalized spacial score (nSPS) is 24.2. The summed E-state index contributed by atoms with van der Waals surface area (Å²) >= 11 is 0. The molecule has 21 heavy (non-hydrogen) atoms. The summed E-state index contributed by atoms with van der Waals surface area (Å²) in [6, 6.07) is 5.11. The minimum atomic E-state index is -0.260. The summed E-state index contributed by atoms with van der Waals surface area (Å²) in [6.45, 7) is 5.82. The number of hydrogen-bond acceptors (Lipinski definition) is 2. The Morgan fingerprint density at radius 3 is 2.86 bits per heavy atom. The van der Waals surface area contributed by atoms with Crippen molar-refractivity contribution in [3.05, 3.63) is 35.1 Å². The zero-order valence-electron chi connectivity index (χ0n) is 12.8. The molecule has 4 heteroatoms. The van der Waals surface area contributed by atoms with Crippen molar-refractivity contribution >= 4 is 5.84 Å². The second kappa shape index (κ2) is 5.41. The Bertz CT molecular complexity index is 554. The van der Waals surface area contributed by atoms with E-state index < -0.39 is 0 Å². The SMILES string of the molecule is CCC1(CC)CC(N2Cc3ccc(F)cc3C2=N)CCO1. The summed E-state index contributed by atoms with van der Waals surface area (Å²) in [5, 5.41) is 8.38. The lowest BCUT2D eigenvalue weighted by Gasteiger charge is -2.43. The monoisotopic (exact) mass is 290 g/mol. The Morgan fingerprint density at radius 1 is 1.38 bits per heavy atom. The first-order valence-corrected chi connectivity index (χ1v) is 7.86. The van der Waals surface area contributed by atoms with Crippen molar-refractivity contribution in [3.8, 4) is 0 Å². The minimum Gasteiger partial charge on any atom is -0.375 e. The van der Waals surface area contributed by atoms with Crippen LogP contribution in [0.2, 0.25) is 0 Å². The Balaban J connectivity index is 1.81. The van der Waals surface area contributed by atoms with E-state index in [1.54, 1.807) is 0 Å². The predicted molar refractivity (Wildman–Crippen MR) is 81.1 cm³/mol. The summed E-state index contributed by atoms with van der Waals surface area (Å²) < 4.78 is 19.4. The largest absolute Gasteiger partial charge is 0.375 e. The van der Waals surface area contributed by atoms with Crippen LogP contribution in [0.3, 0.4) is 0 Å². The van der Waals surface area contributed by atoms with E-state index in [2.05, 4.69) is 18.7 Å². The Morgan fingerprint density at radius 2 is 2.14 bits per heavy atom. The van der Waals surface area contributed by atoms with Gasteiger partial charge in [-0.2, -0.15) is 0 Å². The van der Waals surface area contributed by atoms with Crippen LogP contribution in [0.5, 0.6) is 0 Å². The van der Waals surface area contributed by atoms with Crippen LogP contribution < -0.4 is 0 Å². The van der Waals surface area contributed by atoms with Gasteiger partial charge >= 0.3 is 0 Å². The quantitative estimate of drug-likeness (QED) is 0.921. The highest BCUT2D eigenvalue weighted by Gasteiger charge is 2.39. The Kier molecular flexibility index (Phi) is 3.74. The molecule has 1 saturated heterocycles. The molecule has 0 aromatic heterocycles. The smallest absolute Gasteiger partial charge is 0.129 e. The van der Waals surface area contributed by atoms with Crippen LogP contribution in [0.1, 0.15) is 50.7 Å². The lowest BCUT2D eigenvalue weighted by molar-refractivity contribution is -0.103. The maximum atomic E-state index is 13.4. The molecule has 1 atom stereocenters. The molecule has 0 bridgehead atoms. The van der Waals surface area contributed by atoms with Crippen molar-refractivity contribution in [2.75, 3.05) is 6.61 Å². The second-order valence-corrected chi connectivity index (χ2v) is 6.16. The van der Waals surface area contributed by atoms with E-state index in [4.69, 9.17) is 10.1 Å². The van der Waals surface area contributed by atoms with Crippen LogP contribution in [0.15, 0.2) is 18.2 Å². The molecular formula is C17H23FN2O. The van der Waals surface area contributed by atoms with Gasteiger partial charge in [0.1, 0.15) is 11.7 Å². The van der Waals surface area contributed by atoms with Crippen molar-refractivity contribution in [2.45, 2.75) is 57.7 Å². The van der Waals surface area contributed by atoms with E-state index >= 15 is 0 Å². The minimum absolute atomic E-state index is 0.0524. The lowest BCUT2D eigenvalue weighted by atomic mass is 9.85. The molecular weight excluding hydrogens is 267 g/mol. The number of amidine groups is 1. The van der Waals surface area contributed by atoms with Crippen LogP contribution in [0.4, 0.5) is 4.39 Å². The second-order valence-electron chi connectivity index (χ2n) is 6.16. The first-order chi connectivity index (χ1) is 10.1. The van der Waals surface area contributed by atoms with Crippen LogP contribution in [-0.2, 0) is 11.3 Å². The average molecular weight is 290 g/mol. The van der Waals surface area contributed by atoms with E-state index in [1.165, 1.54) is 12.1 Å². The van der Waals surface area contributed by atoms with E-state index in [1.807, 2.05) is 6.07 Å². The van der Waals surface area contributed by atoms with Gasteiger partial charge in [0, 0.05) is 24.8 Å². The molecule has 2 heterocycles. The number of halogens is 1. The van der Waals surface area contributed by atoms with Gasteiger partial charge in [-0.05, 0) is 43.4 Å². The molecule has 2 aliphatic rings. The third kappa shape index (κ3) is 2.46. The highest BCUT2D eigenvalue weighted by molar-refractivity contribution is 6.00.